The highest BCUT2D eigenvalue weighted by atomic mass is 79.9. The van der Waals surface area contributed by atoms with Gasteiger partial charge in [0.2, 0.25) is 0 Å². The zero-order chi connectivity index (χ0) is 13.2. The molecular weight excluding hydrogens is 320 g/mol. The van der Waals surface area contributed by atoms with E-state index in [0.717, 1.165) is 6.54 Å². The molecule has 1 aliphatic rings. The topological polar surface area (TPSA) is 24.9 Å². The van der Waals surface area contributed by atoms with Crippen molar-refractivity contribution in [3.63, 3.8) is 0 Å². The van der Waals surface area contributed by atoms with E-state index in [9.17, 15) is 0 Å². The molecule has 0 radical (unpaired) electrons. The Balaban J connectivity index is 1.73. The van der Waals surface area contributed by atoms with Crippen LogP contribution in [0.5, 0.6) is 0 Å². The predicted molar refractivity (Wildman–Crippen MR) is 83.5 cm³/mol. The number of nitrogens with one attached hydrogen (secondary N) is 1. The molecule has 2 nitrogen and oxygen atoms in total. The SMILES string of the molecule is Cc1ccncc1CNC1CCCc2sc(Br)cc21. The van der Waals surface area contributed by atoms with E-state index in [0.29, 0.717) is 6.04 Å². The van der Waals surface area contributed by atoms with Gasteiger partial charge in [-0.1, -0.05) is 0 Å². The van der Waals surface area contributed by atoms with Crippen molar-refractivity contribution in [1.82, 2.24) is 10.3 Å². The fourth-order valence-corrected chi connectivity index (χ4v) is 4.47. The van der Waals surface area contributed by atoms with Gasteiger partial charge in [-0.3, -0.25) is 4.98 Å². The average molecular weight is 337 g/mol. The maximum absolute atomic E-state index is 4.21. The summed E-state index contributed by atoms with van der Waals surface area (Å²) >= 11 is 5.49. The lowest BCUT2D eigenvalue weighted by atomic mass is 9.94. The average Bonchev–Trinajstić information content (AvgIpc) is 2.78. The van der Waals surface area contributed by atoms with Crippen LogP contribution in [0.1, 0.15) is 40.5 Å². The molecule has 1 N–H and O–H groups in total. The van der Waals surface area contributed by atoms with Gasteiger partial charge in [0.25, 0.3) is 0 Å². The van der Waals surface area contributed by atoms with Crippen molar-refractivity contribution in [3.8, 4) is 0 Å². The van der Waals surface area contributed by atoms with Gasteiger partial charge in [0, 0.05) is 29.9 Å². The predicted octanol–water partition coefficient (Wildman–Crippen LogP) is 4.38. The number of pyridine rings is 1. The number of rotatable bonds is 3. The lowest BCUT2D eigenvalue weighted by Crippen LogP contribution is -2.24. The van der Waals surface area contributed by atoms with E-state index in [1.165, 1.54) is 39.7 Å². The van der Waals surface area contributed by atoms with Crippen molar-refractivity contribution < 1.29 is 0 Å². The Morgan fingerprint density at radius 3 is 3.26 bits per heavy atom. The Morgan fingerprint density at radius 2 is 2.42 bits per heavy atom. The zero-order valence-corrected chi connectivity index (χ0v) is 13.4. The highest BCUT2D eigenvalue weighted by Gasteiger charge is 2.22. The molecule has 100 valence electrons. The first-order valence-electron chi connectivity index (χ1n) is 6.65. The van der Waals surface area contributed by atoms with Crippen LogP contribution in [0.15, 0.2) is 28.3 Å². The fraction of sp³-hybridized carbons (Fsp3) is 0.400. The van der Waals surface area contributed by atoms with Gasteiger partial charge in [-0.15, -0.1) is 11.3 Å². The van der Waals surface area contributed by atoms with Crippen molar-refractivity contribution in [2.24, 2.45) is 0 Å². The van der Waals surface area contributed by atoms with E-state index >= 15 is 0 Å². The molecule has 0 spiro atoms. The molecule has 1 aliphatic carbocycles. The zero-order valence-electron chi connectivity index (χ0n) is 10.9. The second-order valence-electron chi connectivity index (χ2n) is 5.06. The Labute approximate surface area is 126 Å². The van der Waals surface area contributed by atoms with E-state index < -0.39 is 0 Å². The lowest BCUT2D eigenvalue weighted by Gasteiger charge is -2.24. The summed E-state index contributed by atoms with van der Waals surface area (Å²) in [6.45, 7) is 3.05. The lowest BCUT2D eigenvalue weighted by molar-refractivity contribution is 0.462. The van der Waals surface area contributed by atoms with Crippen molar-refractivity contribution in [1.29, 1.82) is 0 Å². The largest absolute Gasteiger partial charge is 0.306 e. The molecule has 0 aromatic carbocycles. The van der Waals surface area contributed by atoms with Gasteiger partial charge < -0.3 is 5.32 Å². The molecule has 0 saturated heterocycles. The summed E-state index contributed by atoms with van der Waals surface area (Å²) in [7, 11) is 0. The summed E-state index contributed by atoms with van der Waals surface area (Å²) < 4.78 is 1.25. The van der Waals surface area contributed by atoms with Crippen molar-refractivity contribution in [3.05, 3.63) is 49.9 Å². The second kappa shape index (κ2) is 5.73. The van der Waals surface area contributed by atoms with E-state index in [2.05, 4.69) is 45.3 Å². The Hall–Kier alpha value is -0.710. The molecule has 0 bridgehead atoms. The molecule has 0 amide bonds. The molecule has 0 saturated carbocycles. The fourth-order valence-electron chi connectivity index (χ4n) is 2.65. The summed E-state index contributed by atoms with van der Waals surface area (Å²) in [6, 6.07) is 4.85. The third-order valence-corrected chi connectivity index (χ3v) is 5.48. The van der Waals surface area contributed by atoms with E-state index in [-0.39, 0.29) is 0 Å². The van der Waals surface area contributed by atoms with Crippen LogP contribution >= 0.6 is 27.3 Å². The second-order valence-corrected chi connectivity index (χ2v) is 7.57. The third kappa shape index (κ3) is 2.91. The highest BCUT2D eigenvalue weighted by molar-refractivity contribution is 9.11. The number of nitrogens with zero attached hydrogens (tertiary/aromatic N) is 1. The molecule has 2 heterocycles. The van der Waals surface area contributed by atoms with Crippen LogP contribution in [-0.2, 0) is 13.0 Å². The van der Waals surface area contributed by atoms with Crippen LogP contribution in [0.2, 0.25) is 0 Å². The minimum absolute atomic E-state index is 0.492. The monoisotopic (exact) mass is 336 g/mol. The number of fused-ring (bicyclic) bond motifs is 1. The third-order valence-electron chi connectivity index (χ3n) is 3.77. The number of hydrogen-bond donors (Lipinski definition) is 1. The summed E-state index contributed by atoms with van der Waals surface area (Å²) in [6.07, 6.45) is 7.57. The van der Waals surface area contributed by atoms with Crippen LogP contribution in [-0.4, -0.2) is 4.98 Å². The van der Waals surface area contributed by atoms with Crippen molar-refractivity contribution in [2.45, 2.75) is 38.8 Å². The minimum atomic E-state index is 0.492. The van der Waals surface area contributed by atoms with Crippen LogP contribution in [0, 0.1) is 6.92 Å². The normalized spacial score (nSPS) is 18.3. The van der Waals surface area contributed by atoms with Crippen LogP contribution in [0.3, 0.4) is 0 Å². The van der Waals surface area contributed by atoms with E-state index in [1.54, 1.807) is 4.88 Å². The van der Waals surface area contributed by atoms with Gasteiger partial charge in [0.1, 0.15) is 0 Å². The Morgan fingerprint density at radius 1 is 1.53 bits per heavy atom. The molecule has 19 heavy (non-hydrogen) atoms. The smallest absolute Gasteiger partial charge is 0.0704 e. The van der Waals surface area contributed by atoms with Gasteiger partial charge >= 0.3 is 0 Å². The van der Waals surface area contributed by atoms with Crippen LogP contribution in [0.4, 0.5) is 0 Å². The number of aromatic nitrogens is 1. The van der Waals surface area contributed by atoms with Crippen molar-refractivity contribution in [2.75, 3.05) is 0 Å². The van der Waals surface area contributed by atoms with Gasteiger partial charge in [0.05, 0.1) is 3.79 Å². The van der Waals surface area contributed by atoms with E-state index in [1.807, 2.05) is 23.7 Å². The first kappa shape index (κ1) is 13.3. The molecular formula is C15H17BrN2S. The first-order valence-corrected chi connectivity index (χ1v) is 8.26. The summed E-state index contributed by atoms with van der Waals surface area (Å²) in [5, 5.41) is 3.69. The minimum Gasteiger partial charge on any atom is -0.306 e. The number of thiophene rings is 1. The van der Waals surface area contributed by atoms with Gasteiger partial charge in [0.15, 0.2) is 0 Å². The molecule has 1 atom stereocenters. The highest BCUT2D eigenvalue weighted by Crippen LogP contribution is 2.38. The number of halogens is 1. The standard InChI is InChI=1S/C15H17BrN2S/c1-10-5-6-17-8-11(10)9-18-13-3-2-4-14-12(13)7-15(16)19-14/h5-8,13,18H,2-4,9H2,1H3. The maximum atomic E-state index is 4.21. The van der Waals surface area contributed by atoms with Gasteiger partial charge in [-0.05, 0) is 70.9 Å². The van der Waals surface area contributed by atoms with Crippen LogP contribution < -0.4 is 5.32 Å². The Kier molecular flexibility index (Phi) is 4.01. The quantitative estimate of drug-likeness (QED) is 0.899. The molecule has 0 fully saturated rings. The van der Waals surface area contributed by atoms with Gasteiger partial charge in [-0.2, -0.15) is 0 Å². The van der Waals surface area contributed by atoms with Gasteiger partial charge in [-0.25, -0.2) is 0 Å². The summed E-state index contributed by atoms with van der Waals surface area (Å²) in [5.74, 6) is 0. The number of aryl methyl sites for hydroxylation is 2. The number of hydrogen-bond acceptors (Lipinski definition) is 3. The molecule has 2 aromatic rings. The molecule has 1 unspecified atom stereocenters. The Bertz CT molecular complexity index is 579. The van der Waals surface area contributed by atoms with E-state index in [4.69, 9.17) is 0 Å². The summed E-state index contributed by atoms with van der Waals surface area (Å²) in [4.78, 5) is 5.75. The van der Waals surface area contributed by atoms with Crippen molar-refractivity contribution >= 4 is 27.3 Å². The molecule has 0 aliphatic heterocycles. The first-order chi connectivity index (χ1) is 9.24. The summed E-state index contributed by atoms with van der Waals surface area (Å²) in [5.41, 5.74) is 4.10. The molecule has 3 rings (SSSR count). The maximum Gasteiger partial charge on any atom is 0.0704 e. The van der Waals surface area contributed by atoms with Crippen LogP contribution in [0.25, 0.3) is 0 Å². The molecule has 4 heteroatoms. The molecule has 2 aromatic heterocycles.